The summed E-state index contributed by atoms with van der Waals surface area (Å²) in [6.45, 7) is -1.17. The van der Waals surface area contributed by atoms with Crippen LogP contribution in [-0.4, -0.2) is 52.3 Å². The standard InChI is InChI=1S/C20H14Cl2FN3O5/c1-24-19(31)26(8-10-6-11(21)2-4-14(10)23)18(30)20(24)13-7-12(22)3-5-15(13)25(17(20)29)9-16(27)28/h2-7H,8-9H2,1H3,(H,27,28)/t20-/m1/s1. The summed E-state index contributed by atoms with van der Waals surface area (Å²) in [5.41, 5.74) is -1.91. The van der Waals surface area contributed by atoms with Crippen LogP contribution in [0.25, 0.3) is 0 Å². The highest BCUT2D eigenvalue weighted by Gasteiger charge is 2.67. The average molecular weight is 466 g/mol. The number of anilines is 1. The molecule has 1 fully saturated rings. The Balaban J connectivity index is 1.85. The molecule has 2 heterocycles. The van der Waals surface area contributed by atoms with Crippen molar-refractivity contribution in [2.75, 3.05) is 18.5 Å². The smallest absolute Gasteiger partial charge is 0.328 e. The second-order valence-electron chi connectivity index (χ2n) is 7.13. The fourth-order valence-electron chi connectivity index (χ4n) is 4.00. The molecule has 31 heavy (non-hydrogen) atoms. The molecule has 2 aliphatic heterocycles. The highest BCUT2D eigenvalue weighted by molar-refractivity contribution is 6.32. The summed E-state index contributed by atoms with van der Waals surface area (Å²) in [5, 5.41) is 9.64. The maximum Gasteiger partial charge on any atom is 0.328 e. The zero-order valence-electron chi connectivity index (χ0n) is 15.9. The van der Waals surface area contributed by atoms with Crippen LogP contribution in [0.2, 0.25) is 10.0 Å². The van der Waals surface area contributed by atoms with Gasteiger partial charge in [-0.3, -0.25) is 24.2 Å². The minimum absolute atomic E-state index is 0.0150. The first-order valence-corrected chi connectivity index (χ1v) is 9.72. The number of imide groups is 1. The van der Waals surface area contributed by atoms with Gasteiger partial charge in [-0.15, -0.1) is 0 Å². The number of benzene rings is 2. The molecule has 0 bridgehead atoms. The number of hydrogen-bond acceptors (Lipinski definition) is 4. The zero-order chi connectivity index (χ0) is 22.7. The Morgan fingerprint density at radius 2 is 1.65 bits per heavy atom. The van der Waals surface area contributed by atoms with Gasteiger partial charge in [0.1, 0.15) is 12.4 Å². The van der Waals surface area contributed by atoms with Gasteiger partial charge in [-0.2, -0.15) is 0 Å². The third-order valence-corrected chi connectivity index (χ3v) is 5.87. The summed E-state index contributed by atoms with van der Waals surface area (Å²) < 4.78 is 14.2. The molecule has 4 rings (SSSR count). The molecular weight excluding hydrogens is 452 g/mol. The van der Waals surface area contributed by atoms with Crippen molar-refractivity contribution >= 4 is 52.7 Å². The lowest BCUT2D eigenvalue weighted by Crippen LogP contribution is -2.53. The largest absolute Gasteiger partial charge is 0.480 e. The molecule has 2 aliphatic rings. The first-order valence-electron chi connectivity index (χ1n) is 8.96. The molecule has 160 valence electrons. The van der Waals surface area contributed by atoms with Gasteiger partial charge < -0.3 is 10.0 Å². The Morgan fingerprint density at radius 1 is 1.03 bits per heavy atom. The normalized spacial score (nSPS) is 20.3. The van der Waals surface area contributed by atoms with E-state index in [0.29, 0.717) is 0 Å². The number of nitrogens with zero attached hydrogens (tertiary/aromatic N) is 3. The number of fused-ring (bicyclic) bond motifs is 2. The molecule has 2 aromatic carbocycles. The average Bonchev–Trinajstić information content (AvgIpc) is 3.05. The van der Waals surface area contributed by atoms with Crippen LogP contribution in [0, 0.1) is 5.82 Å². The molecule has 1 N–H and O–H groups in total. The minimum Gasteiger partial charge on any atom is -0.480 e. The molecule has 0 saturated carbocycles. The maximum atomic E-state index is 14.2. The van der Waals surface area contributed by atoms with Crippen LogP contribution in [0.4, 0.5) is 14.9 Å². The van der Waals surface area contributed by atoms with Crippen molar-refractivity contribution in [3.63, 3.8) is 0 Å². The Kier molecular flexibility index (Phi) is 4.90. The van der Waals surface area contributed by atoms with Gasteiger partial charge in [-0.05, 0) is 36.4 Å². The predicted molar refractivity (Wildman–Crippen MR) is 108 cm³/mol. The van der Waals surface area contributed by atoms with E-state index in [2.05, 4.69) is 0 Å². The molecule has 1 saturated heterocycles. The van der Waals surface area contributed by atoms with Crippen molar-refractivity contribution < 1.29 is 28.7 Å². The van der Waals surface area contributed by atoms with Gasteiger partial charge in [-0.25, -0.2) is 9.18 Å². The molecule has 0 radical (unpaired) electrons. The van der Waals surface area contributed by atoms with Gasteiger partial charge in [0.05, 0.1) is 12.2 Å². The number of aliphatic carboxylic acids is 1. The third kappa shape index (κ3) is 2.95. The molecule has 4 amide bonds. The van der Waals surface area contributed by atoms with E-state index in [9.17, 15) is 28.7 Å². The van der Waals surface area contributed by atoms with E-state index in [4.69, 9.17) is 23.2 Å². The summed E-state index contributed by atoms with van der Waals surface area (Å²) in [7, 11) is 1.25. The first-order chi connectivity index (χ1) is 14.6. The second-order valence-corrected chi connectivity index (χ2v) is 8.00. The number of likely N-dealkylation sites (N-methyl/N-ethyl adjacent to an activating group) is 1. The lowest BCUT2D eigenvalue weighted by atomic mass is 9.90. The lowest BCUT2D eigenvalue weighted by molar-refractivity contribution is -0.143. The quantitative estimate of drug-likeness (QED) is 0.552. The van der Waals surface area contributed by atoms with Crippen LogP contribution >= 0.6 is 23.2 Å². The van der Waals surface area contributed by atoms with E-state index in [1.165, 1.54) is 37.4 Å². The number of carboxylic acids is 1. The molecule has 11 heteroatoms. The molecule has 8 nitrogen and oxygen atoms in total. The molecule has 0 unspecified atom stereocenters. The summed E-state index contributed by atoms with van der Waals surface area (Å²) in [6, 6.07) is 7.07. The molecule has 2 aromatic rings. The van der Waals surface area contributed by atoms with Crippen LogP contribution in [0.15, 0.2) is 36.4 Å². The number of carboxylic acid groups (broad SMARTS) is 1. The number of amides is 4. The van der Waals surface area contributed by atoms with Crippen molar-refractivity contribution in [3.05, 3.63) is 63.4 Å². The van der Waals surface area contributed by atoms with Gasteiger partial charge >= 0.3 is 12.0 Å². The first kappa shape index (κ1) is 21.1. The van der Waals surface area contributed by atoms with Gasteiger partial charge in [0.15, 0.2) is 0 Å². The summed E-state index contributed by atoms with van der Waals surface area (Å²) in [5.74, 6) is -3.81. The van der Waals surface area contributed by atoms with E-state index in [1.807, 2.05) is 0 Å². The van der Waals surface area contributed by atoms with Crippen LogP contribution in [0.5, 0.6) is 0 Å². The zero-order valence-corrected chi connectivity index (χ0v) is 17.4. The van der Waals surface area contributed by atoms with Crippen molar-refractivity contribution in [2.45, 2.75) is 12.1 Å². The molecule has 0 aliphatic carbocycles. The highest BCUT2D eigenvalue weighted by atomic mass is 35.5. The van der Waals surface area contributed by atoms with E-state index < -0.39 is 48.3 Å². The number of rotatable bonds is 4. The van der Waals surface area contributed by atoms with Gasteiger partial charge in [-0.1, -0.05) is 23.2 Å². The topological polar surface area (TPSA) is 98.2 Å². The maximum absolute atomic E-state index is 14.2. The van der Waals surface area contributed by atoms with Crippen LogP contribution < -0.4 is 4.90 Å². The SMILES string of the molecule is CN1C(=O)N(Cc2cc(Cl)ccc2F)C(=O)[C@@]12C(=O)N(CC(=O)O)c1ccc(Cl)cc12. The summed E-state index contributed by atoms with van der Waals surface area (Å²) in [6.07, 6.45) is 0. The van der Waals surface area contributed by atoms with Crippen molar-refractivity contribution in [1.82, 2.24) is 9.80 Å². The van der Waals surface area contributed by atoms with Gasteiger partial charge in [0.2, 0.25) is 5.54 Å². The second kappa shape index (κ2) is 7.21. The highest BCUT2D eigenvalue weighted by Crippen LogP contribution is 2.49. The monoisotopic (exact) mass is 465 g/mol. The Labute approximate surface area is 185 Å². The van der Waals surface area contributed by atoms with Crippen molar-refractivity contribution in [3.8, 4) is 0 Å². The number of urea groups is 1. The Hall–Kier alpha value is -3.17. The van der Waals surface area contributed by atoms with E-state index >= 15 is 0 Å². The van der Waals surface area contributed by atoms with Gasteiger partial charge in [0.25, 0.3) is 11.8 Å². The van der Waals surface area contributed by atoms with E-state index in [-0.39, 0.29) is 26.9 Å². The van der Waals surface area contributed by atoms with Crippen LogP contribution in [0.1, 0.15) is 11.1 Å². The Morgan fingerprint density at radius 3 is 2.32 bits per heavy atom. The molecule has 0 aromatic heterocycles. The fourth-order valence-corrected chi connectivity index (χ4v) is 4.37. The van der Waals surface area contributed by atoms with Gasteiger partial charge in [0, 0.05) is 28.2 Å². The summed E-state index contributed by atoms with van der Waals surface area (Å²) in [4.78, 5) is 53.9. The lowest BCUT2D eigenvalue weighted by Gasteiger charge is -2.27. The number of hydrogen-bond donors (Lipinski definition) is 1. The molecular formula is C20H14Cl2FN3O5. The minimum atomic E-state index is -2.14. The number of carbonyl (C=O) groups excluding carboxylic acids is 3. The molecule has 1 spiro atoms. The van der Waals surface area contributed by atoms with E-state index in [0.717, 1.165) is 20.8 Å². The fraction of sp³-hybridized carbons (Fsp3) is 0.200. The van der Waals surface area contributed by atoms with Crippen molar-refractivity contribution in [1.29, 1.82) is 0 Å². The number of carbonyl (C=O) groups is 4. The number of halogens is 3. The van der Waals surface area contributed by atoms with Crippen LogP contribution in [0.3, 0.4) is 0 Å². The summed E-state index contributed by atoms with van der Waals surface area (Å²) >= 11 is 12.0. The molecule has 1 atom stereocenters. The van der Waals surface area contributed by atoms with Crippen LogP contribution in [-0.2, 0) is 26.5 Å². The Bertz CT molecular complexity index is 1170. The predicted octanol–water partition coefficient (Wildman–Crippen LogP) is 2.85. The van der Waals surface area contributed by atoms with Crippen molar-refractivity contribution in [2.24, 2.45) is 0 Å². The third-order valence-electron chi connectivity index (χ3n) is 5.40. The van der Waals surface area contributed by atoms with E-state index in [1.54, 1.807) is 0 Å².